The molecule has 0 saturated carbocycles. The van der Waals surface area contributed by atoms with Gasteiger partial charge in [-0.25, -0.2) is 9.97 Å². The number of thiophene rings is 2. The summed E-state index contributed by atoms with van der Waals surface area (Å²) in [5, 5.41) is 12.3. The molecule has 5 heterocycles. The SMILES string of the molecule is c1ccc(-c2cc3nc(-n4c5ccc(-c6cccc7c6c6c8ccccc8ccc6n7-c6ccccc6)cc5c5c6ccccc6ccc54)nc(-c4ccc5sc6ccccc6c5c4)c3s2)cc1. The second-order valence-electron chi connectivity index (χ2n) is 17.7. The second-order valence-corrected chi connectivity index (χ2v) is 19.8. The monoisotopic (exact) mass is 900 g/mol. The van der Waals surface area contributed by atoms with Gasteiger partial charge in [-0.05, 0) is 105 Å². The van der Waals surface area contributed by atoms with Gasteiger partial charge >= 0.3 is 0 Å². The first kappa shape index (κ1) is 37.8. The molecule has 0 fully saturated rings. The Labute approximate surface area is 397 Å². The molecule has 0 aliphatic heterocycles. The lowest BCUT2D eigenvalue weighted by atomic mass is 9.95. The maximum Gasteiger partial charge on any atom is 0.235 e. The Morgan fingerprint density at radius 1 is 0.353 bits per heavy atom. The summed E-state index contributed by atoms with van der Waals surface area (Å²) in [6.07, 6.45) is 0. The van der Waals surface area contributed by atoms with E-state index in [0.29, 0.717) is 5.95 Å². The van der Waals surface area contributed by atoms with Crippen LogP contribution in [0.4, 0.5) is 0 Å². The van der Waals surface area contributed by atoms with Crippen LogP contribution in [-0.4, -0.2) is 19.1 Å². The van der Waals surface area contributed by atoms with Crippen molar-refractivity contribution in [2.45, 2.75) is 0 Å². The van der Waals surface area contributed by atoms with Crippen LogP contribution in [0.3, 0.4) is 0 Å². The molecule has 0 radical (unpaired) electrons. The van der Waals surface area contributed by atoms with E-state index < -0.39 is 0 Å². The van der Waals surface area contributed by atoms with E-state index >= 15 is 0 Å². The first-order valence-electron chi connectivity index (χ1n) is 23.0. The van der Waals surface area contributed by atoms with E-state index in [1.807, 2.05) is 11.3 Å². The van der Waals surface area contributed by atoms with Crippen molar-refractivity contribution in [1.29, 1.82) is 0 Å². The highest BCUT2D eigenvalue weighted by Gasteiger charge is 2.23. The van der Waals surface area contributed by atoms with Crippen molar-refractivity contribution < 1.29 is 0 Å². The highest BCUT2D eigenvalue weighted by Crippen LogP contribution is 2.46. The van der Waals surface area contributed by atoms with E-state index in [9.17, 15) is 0 Å². The van der Waals surface area contributed by atoms with Crippen molar-refractivity contribution in [2.75, 3.05) is 0 Å². The van der Waals surface area contributed by atoms with E-state index in [0.717, 1.165) is 49.1 Å². The number of nitrogens with zero attached hydrogens (tertiary/aromatic N) is 4. The minimum absolute atomic E-state index is 0.655. The third-order valence-corrected chi connectivity index (χ3v) is 16.3. The highest BCUT2D eigenvalue weighted by atomic mass is 32.1. The van der Waals surface area contributed by atoms with Gasteiger partial charge in [-0.15, -0.1) is 22.7 Å². The molecule has 15 rings (SSSR count). The number of benzene rings is 10. The van der Waals surface area contributed by atoms with Crippen LogP contribution in [0.15, 0.2) is 218 Å². The van der Waals surface area contributed by atoms with Gasteiger partial charge < -0.3 is 4.57 Å². The molecule has 4 nitrogen and oxygen atoms in total. The molecule has 0 aliphatic rings. The first-order chi connectivity index (χ1) is 33.7. The van der Waals surface area contributed by atoms with Crippen LogP contribution in [0.2, 0.25) is 0 Å². The molecule has 0 unspecified atom stereocenters. The van der Waals surface area contributed by atoms with Crippen LogP contribution in [0.1, 0.15) is 0 Å². The number of para-hydroxylation sites is 1. The van der Waals surface area contributed by atoms with E-state index in [-0.39, 0.29) is 0 Å². The van der Waals surface area contributed by atoms with E-state index in [2.05, 4.69) is 228 Å². The van der Waals surface area contributed by atoms with Crippen LogP contribution in [0.5, 0.6) is 0 Å². The molecule has 0 spiro atoms. The molecule has 316 valence electrons. The summed E-state index contributed by atoms with van der Waals surface area (Å²) in [7, 11) is 0. The zero-order valence-electron chi connectivity index (χ0n) is 36.4. The van der Waals surface area contributed by atoms with Gasteiger partial charge in [-0.2, -0.15) is 0 Å². The smallest absolute Gasteiger partial charge is 0.235 e. The van der Waals surface area contributed by atoms with Gasteiger partial charge in [0.05, 0.1) is 38.0 Å². The number of aromatic nitrogens is 4. The zero-order chi connectivity index (χ0) is 44.5. The fraction of sp³-hybridized carbons (Fsp3) is 0. The summed E-state index contributed by atoms with van der Waals surface area (Å²) in [6.45, 7) is 0. The van der Waals surface area contributed by atoms with Crippen LogP contribution in [0, 0.1) is 0 Å². The van der Waals surface area contributed by atoms with Gasteiger partial charge in [0.15, 0.2) is 0 Å². The van der Waals surface area contributed by atoms with Crippen LogP contribution < -0.4 is 0 Å². The van der Waals surface area contributed by atoms with Gasteiger partial charge in [-0.1, -0.05) is 152 Å². The Kier molecular flexibility index (Phi) is 8.07. The summed E-state index contributed by atoms with van der Waals surface area (Å²) >= 11 is 3.61. The van der Waals surface area contributed by atoms with Crippen LogP contribution in [-0.2, 0) is 0 Å². The second kappa shape index (κ2) is 14.5. The average Bonchev–Trinajstić information content (AvgIpc) is 4.18. The Balaban J connectivity index is 1.02. The number of rotatable bonds is 5. The van der Waals surface area contributed by atoms with Crippen LogP contribution >= 0.6 is 22.7 Å². The number of hydrogen-bond acceptors (Lipinski definition) is 4. The van der Waals surface area contributed by atoms with Crippen molar-refractivity contribution in [3.05, 3.63) is 218 Å². The lowest BCUT2D eigenvalue weighted by molar-refractivity contribution is 1.02. The lowest BCUT2D eigenvalue weighted by Crippen LogP contribution is -2.02. The summed E-state index contributed by atoms with van der Waals surface area (Å²) in [5.41, 5.74) is 12.1. The largest absolute Gasteiger partial charge is 0.309 e. The predicted octanol–water partition coefficient (Wildman–Crippen LogP) is 17.6. The minimum Gasteiger partial charge on any atom is -0.309 e. The van der Waals surface area contributed by atoms with Gasteiger partial charge in [0.25, 0.3) is 0 Å². The maximum atomic E-state index is 5.65. The fourth-order valence-corrected chi connectivity index (χ4v) is 13.1. The standard InChI is InChI=1S/C62H36N4S2/c1-3-16-39(17-4-1)56-36-49-61(68-56)60(41-29-33-55-47(35-41)46-22-11-12-25-54(46)67-55)64-62(63-49)66-50-30-28-40(34-48(50)57-43-20-9-7-14-37(43)26-31-52(57)66)45-23-13-24-51-59(45)58-44-21-10-8-15-38(44)27-32-53(58)65(51)42-18-5-2-6-19-42/h1-36H. The molecule has 10 aromatic carbocycles. The van der Waals surface area contributed by atoms with E-state index in [1.54, 1.807) is 11.3 Å². The van der Waals surface area contributed by atoms with Crippen molar-refractivity contribution >= 4 is 118 Å². The highest BCUT2D eigenvalue weighted by molar-refractivity contribution is 7.25. The molecule has 0 aliphatic carbocycles. The minimum atomic E-state index is 0.655. The summed E-state index contributed by atoms with van der Waals surface area (Å²) in [4.78, 5) is 12.3. The number of fused-ring (bicyclic) bond motifs is 14. The lowest BCUT2D eigenvalue weighted by Gasteiger charge is -2.11. The Morgan fingerprint density at radius 3 is 1.79 bits per heavy atom. The van der Waals surface area contributed by atoms with Gasteiger partial charge in [-0.3, -0.25) is 4.57 Å². The zero-order valence-corrected chi connectivity index (χ0v) is 38.0. The molecule has 68 heavy (non-hydrogen) atoms. The summed E-state index contributed by atoms with van der Waals surface area (Å²) in [5.74, 6) is 0.655. The molecule has 0 saturated heterocycles. The van der Waals surface area contributed by atoms with Gasteiger partial charge in [0.2, 0.25) is 5.95 Å². The third kappa shape index (κ3) is 5.53. The first-order valence-corrected chi connectivity index (χ1v) is 24.6. The van der Waals surface area contributed by atoms with Crippen molar-refractivity contribution in [1.82, 2.24) is 19.1 Å². The third-order valence-electron chi connectivity index (χ3n) is 13.9. The van der Waals surface area contributed by atoms with E-state index in [4.69, 9.17) is 9.97 Å². The van der Waals surface area contributed by atoms with E-state index in [1.165, 1.54) is 84.9 Å². The van der Waals surface area contributed by atoms with Crippen molar-refractivity contribution in [3.63, 3.8) is 0 Å². The molecule has 0 atom stereocenters. The maximum absolute atomic E-state index is 5.65. The summed E-state index contributed by atoms with van der Waals surface area (Å²) in [6, 6.07) is 79.6. The molecular weight excluding hydrogens is 865 g/mol. The van der Waals surface area contributed by atoms with Gasteiger partial charge in [0.1, 0.15) is 0 Å². The molecule has 6 heteroatoms. The normalized spacial score (nSPS) is 12.1. The molecular formula is C62H36N4S2. The van der Waals surface area contributed by atoms with Gasteiger partial charge in [0, 0.05) is 57.8 Å². The Morgan fingerprint density at radius 2 is 0.985 bits per heavy atom. The molecule has 5 aromatic heterocycles. The summed E-state index contributed by atoms with van der Waals surface area (Å²) < 4.78 is 8.37. The quantitative estimate of drug-likeness (QED) is 0.173. The molecule has 0 N–H and O–H groups in total. The van der Waals surface area contributed by atoms with Crippen molar-refractivity contribution in [2.24, 2.45) is 0 Å². The Hall–Kier alpha value is -8.42. The molecule has 0 bridgehead atoms. The molecule has 15 aromatic rings. The van der Waals surface area contributed by atoms with Crippen molar-refractivity contribution in [3.8, 4) is 44.5 Å². The average molecular weight is 901 g/mol. The topological polar surface area (TPSA) is 35.6 Å². The number of hydrogen-bond donors (Lipinski definition) is 0. The predicted molar refractivity (Wildman–Crippen MR) is 290 cm³/mol. The molecule has 0 amide bonds. The fourth-order valence-electron chi connectivity index (χ4n) is 10.9. The van der Waals surface area contributed by atoms with Crippen LogP contribution in [0.25, 0.3) is 140 Å². The Bertz CT molecular complexity index is 4560.